The van der Waals surface area contributed by atoms with E-state index >= 15 is 0 Å². The van der Waals surface area contributed by atoms with Gasteiger partial charge in [0.2, 0.25) is 0 Å². The number of hydrogen-bond acceptors (Lipinski definition) is 3. The van der Waals surface area contributed by atoms with E-state index in [9.17, 15) is 4.79 Å². The Morgan fingerprint density at radius 3 is 2.63 bits per heavy atom. The van der Waals surface area contributed by atoms with Crippen LogP contribution in [-0.4, -0.2) is 5.78 Å². The van der Waals surface area contributed by atoms with E-state index in [2.05, 4.69) is 5.48 Å². The highest BCUT2D eigenvalue weighted by Crippen LogP contribution is 2.27. The number of carbonyl (C=O) groups is 1. The van der Waals surface area contributed by atoms with Crippen LogP contribution in [0.15, 0.2) is 54.6 Å². The predicted octanol–water partition coefficient (Wildman–Crippen LogP) is 2.57. The molecule has 3 rings (SSSR count). The van der Waals surface area contributed by atoms with Crippen LogP contribution < -0.4 is 5.48 Å². The van der Waals surface area contributed by atoms with Gasteiger partial charge in [0.05, 0.1) is 6.61 Å². The van der Waals surface area contributed by atoms with Gasteiger partial charge in [0, 0.05) is 6.42 Å². The molecule has 0 amide bonds. The molecule has 3 heteroatoms. The summed E-state index contributed by atoms with van der Waals surface area (Å²) in [6.07, 6.45) is 0.489. The van der Waals surface area contributed by atoms with Crippen molar-refractivity contribution in [3.05, 3.63) is 71.3 Å². The molecule has 0 bridgehead atoms. The number of hydrogen-bond donors (Lipinski definition) is 1. The number of hydroxylamine groups is 1. The lowest BCUT2D eigenvalue weighted by molar-refractivity contribution is -0.124. The van der Waals surface area contributed by atoms with Gasteiger partial charge in [-0.25, -0.2) is 0 Å². The minimum atomic E-state index is -0.333. The van der Waals surface area contributed by atoms with Crippen molar-refractivity contribution in [1.82, 2.24) is 5.48 Å². The molecule has 1 N–H and O–H groups in total. The SMILES string of the molecule is O=C1Cc2ccccc2C1NOCc1ccccc1. The van der Waals surface area contributed by atoms with Crippen molar-refractivity contribution in [1.29, 1.82) is 0 Å². The van der Waals surface area contributed by atoms with Crippen molar-refractivity contribution in [3.8, 4) is 0 Å². The zero-order valence-corrected chi connectivity index (χ0v) is 10.5. The third-order valence-corrected chi connectivity index (χ3v) is 3.34. The molecule has 1 unspecified atom stereocenters. The Balaban J connectivity index is 1.63. The van der Waals surface area contributed by atoms with Gasteiger partial charge in [-0.1, -0.05) is 54.6 Å². The van der Waals surface area contributed by atoms with Crippen molar-refractivity contribution in [3.63, 3.8) is 0 Å². The van der Waals surface area contributed by atoms with Crippen LogP contribution in [0.5, 0.6) is 0 Å². The van der Waals surface area contributed by atoms with E-state index in [1.54, 1.807) is 0 Å². The molecule has 2 aromatic rings. The van der Waals surface area contributed by atoms with E-state index < -0.39 is 0 Å². The van der Waals surface area contributed by atoms with Crippen molar-refractivity contribution in [2.45, 2.75) is 19.1 Å². The first-order chi connectivity index (χ1) is 9.34. The average molecular weight is 253 g/mol. The van der Waals surface area contributed by atoms with Gasteiger partial charge in [-0.3, -0.25) is 9.63 Å². The predicted molar refractivity (Wildman–Crippen MR) is 72.3 cm³/mol. The van der Waals surface area contributed by atoms with Crippen molar-refractivity contribution < 1.29 is 9.63 Å². The molecule has 0 spiro atoms. The quantitative estimate of drug-likeness (QED) is 0.851. The summed E-state index contributed by atoms with van der Waals surface area (Å²) in [6, 6.07) is 17.4. The molecule has 2 aromatic carbocycles. The lowest BCUT2D eigenvalue weighted by atomic mass is 10.1. The molecule has 0 radical (unpaired) electrons. The minimum Gasteiger partial charge on any atom is -0.297 e. The number of fused-ring (bicyclic) bond motifs is 1. The van der Waals surface area contributed by atoms with Crippen LogP contribution in [0.25, 0.3) is 0 Å². The lowest BCUT2D eigenvalue weighted by Gasteiger charge is -2.12. The monoisotopic (exact) mass is 253 g/mol. The molecule has 0 fully saturated rings. The molecule has 1 aliphatic rings. The molecule has 1 atom stereocenters. The molecule has 1 aliphatic carbocycles. The average Bonchev–Trinajstić information content (AvgIpc) is 2.76. The van der Waals surface area contributed by atoms with E-state index in [4.69, 9.17) is 4.84 Å². The minimum absolute atomic E-state index is 0.161. The number of Topliss-reactive ketones (excluding diaryl/α,β-unsaturated/α-hetero) is 1. The van der Waals surface area contributed by atoms with E-state index in [1.165, 1.54) is 0 Å². The second kappa shape index (κ2) is 5.34. The summed E-state index contributed by atoms with van der Waals surface area (Å²) in [4.78, 5) is 17.4. The molecular weight excluding hydrogens is 238 g/mol. The number of rotatable bonds is 4. The molecule has 0 saturated carbocycles. The highest BCUT2D eigenvalue weighted by Gasteiger charge is 2.30. The van der Waals surface area contributed by atoms with Crippen LogP contribution in [0.1, 0.15) is 22.7 Å². The molecule has 96 valence electrons. The highest BCUT2D eigenvalue weighted by atomic mass is 16.6. The number of carbonyl (C=O) groups excluding carboxylic acids is 1. The van der Waals surface area contributed by atoms with E-state index in [0.29, 0.717) is 13.0 Å². The topological polar surface area (TPSA) is 38.3 Å². The summed E-state index contributed by atoms with van der Waals surface area (Å²) in [5, 5.41) is 0. The van der Waals surface area contributed by atoms with E-state index in [0.717, 1.165) is 16.7 Å². The highest BCUT2D eigenvalue weighted by molar-refractivity contribution is 5.91. The maximum atomic E-state index is 11.9. The van der Waals surface area contributed by atoms with Crippen LogP contribution in [0.2, 0.25) is 0 Å². The summed E-state index contributed by atoms with van der Waals surface area (Å²) in [7, 11) is 0. The van der Waals surface area contributed by atoms with Gasteiger partial charge in [0.15, 0.2) is 5.78 Å². The third kappa shape index (κ3) is 2.57. The molecule has 0 saturated heterocycles. The molecule has 3 nitrogen and oxygen atoms in total. The summed E-state index contributed by atoms with van der Waals surface area (Å²) in [5.74, 6) is 0.161. The fraction of sp³-hybridized carbons (Fsp3) is 0.188. The molecular formula is C16H15NO2. The normalized spacial score (nSPS) is 17.5. The maximum Gasteiger partial charge on any atom is 0.160 e. The van der Waals surface area contributed by atoms with Gasteiger partial charge in [0.25, 0.3) is 0 Å². The van der Waals surface area contributed by atoms with E-state index in [-0.39, 0.29) is 11.8 Å². The first-order valence-electron chi connectivity index (χ1n) is 6.36. The van der Waals surface area contributed by atoms with Crippen LogP contribution in [0.4, 0.5) is 0 Å². The zero-order chi connectivity index (χ0) is 13.1. The summed E-state index contributed by atoms with van der Waals surface area (Å²) in [6.45, 7) is 0.451. The second-order valence-electron chi connectivity index (χ2n) is 4.67. The zero-order valence-electron chi connectivity index (χ0n) is 10.5. The Kier molecular flexibility index (Phi) is 3.40. The molecule has 0 heterocycles. The fourth-order valence-corrected chi connectivity index (χ4v) is 2.35. The Bertz CT molecular complexity index is 580. The van der Waals surface area contributed by atoms with Crippen LogP contribution in [-0.2, 0) is 22.7 Å². The smallest absolute Gasteiger partial charge is 0.160 e. The largest absolute Gasteiger partial charge is 0.297 e. The van der Waals surface area contributed by atoms with Crippen LogP contribution >= 0.6 is 0 Å². The molecule has 19 heavy (non-hydrogen) atoms. The Labute approximate surface area is 112 Å². The lowest BCUT2D eigenvalue weighted by Crippen LogP contribution is -2.25. The maximum absolute atomic E-state index is 11.9. The van der Waals surface area contributed by atoms with Crippen molar-refractivity contribution in [2.75, 3.05) is 0 Å². The molecule has 0 aliphatic heterocycles. The van der Waals surface area contributed by atoms with Gasteiger partial charge < -0.3 is 0 Å². The van der Waals surface area contributed by atoms with Crippen LogP contribution in [0.3, 0.4) is 0 Å². The van der Waals surface area contributed by atoms with Gasteiger partial charge >= 0.3 is 0 Å². The number of benzene rings is 2. The first-order valence-corrected chi connectivity index (χ1v) is 6.36. The summed E-state index contributed by atoms with van der Waals surface area (Å²) in [5.41, 5.74) is 6.08. The standard InChI is InChI=1S/C16H15NO2/c18-15-10-13-8-4-5-9-14(13)16(15)17-19-11-12-6-2-1-3-7-12/h1-9,16-17H,10-11H2. The van der Waals surface area contributed by atoms with Gasteiger partial charge in [-0.05, 0) is 16.7 Å². The number of ketones is 1. The fourth-order valence-electron chi connectivity index (χ4n) is 2.35. The summed E-state index contributed by atoms with van der Waals surface area (Å²) >= 11 is 0. The van der Waals surface area contributed by atoms with Gasteiger partial charge in [-0.15, -0.1) is 0 Å². The van der Waals surface area contributed by atoms with E-state index in [1.807, 2.05) is 54.6 Å². The molecule has 0 aromatic heterocycles. The van der Waals surface area contributed by atoms with Crippen molar-refractivity contribution in [2.24, 2.45) is 0 Å². The third-order valence-electron chi connectivity index (χ3n) is 3.34. The summed E-state index contributed by atoms with van der Waals surface area (Å²) < 4.78 is 0. The van der Waals surface area contributed by atoms with Gasteiger partial charge in [0.1, 0.15) is 6.04 Å². The second-order valence-corrected chi connectivity index (χ2v) is 4.67. The van der Waals surface area contributed by atoms with Crippen molar-refractivity contribution >= 4 is 5.78 Å². The first kappa shape index (κ1) is 12.1. The Morgan fingerprint density at radius 2 is 1.79 bits per heavy atom. The van der Waals surface area contributed by atoms with Crippen LogP contribution in [0, 0.1) is 0 Å². The number of nitrogens with one attached hydrogen (secondary N) is 1. The Morgan fingerprint density at radius 1 is 1.05 bits per heavy atom. The van der Waals surface area contributed by atoms with Gasteiger partial charge in [-0.2, -0.15) is 5.48 Å². The Hall–Kier alpha value is -1.97.